The van der Waals surface area contributed by atoms with Crippen LogP contribution < -0.4 is 4.90 Å². The average molecular weight is 874 g/mol. The van der Waals surface area contributed by atoms with E-state index in [1.165, 1.54) is 110 Å². The van der Waals surface area contributed by atoms with Crippen LogP contribution in [0.4, 0.5) is 17.1 Å². The summed E-state index contributed by atoms with van der Waals surface area (Å²) in [5.41, 5.74) is 20.5. The van der Waals surface area contributed by atoms with Gasteiger partial charge >= 0.3 is 0 Å². The lowest BCUT2D eigenvalue weighted by atomic mass is 9.68. The number of benzene rings is 12. The molecule has 0 unspecified atom stereocenters. The smallest absolute Gasteiger partial charge is 0.0726 e. The SMILES string of the molecule is c1ccc(C2(c3ccccc3)c3ccccc3-c3c(N(c4ccc5c6ccccc6c6ccccc6c5c4)c4cccc5c4-c4ccccc4C54c5ccccc5-c5ccccc54)cccc32)cc1. The highest BCUT2D eigenvalue weighted by molar-refractivity contribution is 6.26. The first-order valence-corrected chi connectivity index (χ1v) is 24.2. The normalized spacial score (nSPS) is 14.0. The van der Waals surface area contributed by atoms with Crippen LogP contribution in [-0.2, 0) is 10.8 Å². The molecular formula is C68H43N. The molecule has 0 radical (unpaired) electrons. The quantitative estimate of drug-likeness (QED) is 0.156. The van der Waals surface area contributed by atoms with Gasteiger partial charge < -0.3 is 4.90 Å². The largest absolute Gasteiger partial charge is 0.309 e. The molecule has 0 aliphatic heterocycles. The average Bonchev–Trinajstić information content (AvgIpc) is 4.03. The van der Waals surface area contributed by atoms with E-state index >= 15 is 0 Å². The van der Waals surface area contributed by atoms with Crippen LogP contribution in [-0.4, -0.2) is 0 Å². The topological polar surface area (TPSA) is 3.24 Å². The maximum atomic E-state index is 2.62. The van der Waals surface area contributed by atoms with Crippen LogP contribution in [0.5, 0.6) is 0 Å². The van der Waals surface area contributed by atoms with Gasteiger partial charge in [0, 0.05) is 16.8 Å². The molecule has 3 aliphatic carbocycles. The van der Waals surface area contributed by atoms with Gasteiger partial charge in [0.05, 0.1) is 22.2 Å². The Hall–Kier alpha value is -8.78. The van der Waals surface area contributed by atoms with Crippen molar-refractivity contribution in [2.24, 2.45) is 0 Å². The van der Waals surface area contributed by atoms with E-state index in [9.17, 15) is 0 Å². The first kappa shape index (κ1) is 38.3. The molecule has 3 aliphatic rings. The second kappa shape index (κ2) is 14.4. The summed E-state index contributed by atoms with van der Waals surface area (Å²) < 4.78 is 0. The van der Waals surface area contributed by atoms with Crippen molar-refractivity contribution in [3.8, 4) is 33.4 Å². The third-order valence-corrected chi connectivity index (χ3v) is 15.9. The van der Waals surface area contributed by atoms with E-state index in [2.05, 4.69) is 266 Å². The molecule has 1 nitrogen and oxygen atoms in total. The minimum atomic E-state index is -0.554. The monoisotopic (exact) mass is 873 g/mol. The molecule has 0 N–H and O–H groups in total. The van der Waals surface area contributed by atoms with Gasteiger partial charge in [-0.05, 0) is 123 Å². The number of rotatable bonds is 5. The Bertz CT molecular complexity index is 3870. The van der Waals surface area contributed by atoms with E-state index < -0.39 is 10.8 Å². The fraction of sp³-hybridized carbons (Fsp3) is 0.0294. The van der Waals surface area contributed by atoms with Gasteiger partial charge in [0.1, 0.15) is 0 Å². The molecule has 0 bridgehead atoms. The molecule has 69 heavy (non-hydrogen) atoms. The third kappa shape index (κ3) is 4.93. The zero-order valence-corrected chi connectivity index (χ0v) is 37.8. The van der Waals surface area contributed by atoms with Crippen molar-refractivity contribution in [2.75, 3.05) is 4.90 Å². The first-order valence-electron chi connectivity index (χ1n) is 24.2. The predicted molar refractivity (Wildman–Crippen MR) is 287 cm³/mol. The Morgan fingerprint density at radius 1 is 0.232 bits per heavy atom. The van der Waals surface area contributed by atoms with Crippen LogP contribution in [0, 0.1) is 0 Å². The summed E-state index contributed by atoms with van der Waals surface area (Å²) in [5.74, 6) is 0. The van der Waals surface area contributed by atoms with Crippen molar-refractivity contribution >= 4 is 49.4 Å². The van der Waals surface area contributed by atoms with Gasteiger partial charge in [-0.1, -0.05) is 237 Å². The van der Waals surface area contributed by atoms with E-state index in [-0.39, 0.29) is 0 Å². The molecule has 1 spiro atoms. The maximum absolute atomic E-state index is 2.62. The van der Waals surface area contributed by atoms with Crippen LogP contribution in [0.2, 0.25) is 0 Å². The van der Waals surface area contributed by atoms with E-state index in [4.69, 9.17) is 0 Å². The molecule has 12 aromatic rings. The molecule has 0 heterocycles. The number of fused-ring (bicyclic) bond motifs is 19. The second-order valence-corrected chi connectivity index (χ2v) is 19.0. The zero-order valence-electron chi connectivity index (χ0n) is 37.8. The van der Waals surface area contributed by atoms with Crippen molar-refractivity contribution in [1.82, 2.24) is 0 Å². The molecule has 15 rings (SSSR count). The minimum Gasteiger partial charge on any atom is -0.309 e. The van der Waals surface area contributed by atoms with Gasteiger partial charge in [-0.15, -0.1) is 0 Å². The Morgan fingerprint density at radius 3 is 1.07 bits per heavy atom. The molecule has 0 saturated carbocycles. The highest BCUT2D eigenvalue weighted by Crippen LogP contribution is 2.66. The summed E-state index contributed by atoms with van der Waals surface area (Å²) in [6.45, 7) is 0. The molecule has 1 heteroatoms. The zero-order chi connectivity index (χ0) is 45.3. The van der Waals surface area contributed by atoms with Crippen molar-refractivity contribution in [2.45, 2.75) is 10.8 Å². The Morgan fingerprint density at radius 2 is 0.580 bits per heavy atom. The van der Waals surface area contributed by atoms with E-state index in [0.29, 0.717) is 0 Å². The van der Waals surface area contributed by atoms with Gasteiger partial charge in [-0.2, -0.15) is 0 Å². The van der Waals surface area contributed by atoms with Crippen LogP contribution in [0.25, 0.3) is 65.7 Å². The molecule has 0 aromatic heterocycles. The summed E-state index contributed by atoms with van der Waals surface area (Å²) in [6.07, 6.45) is 0. The standard InChI is InChI=1S/C68H43N/c1-3-21-44(22-4-1)67(45-23-5-2-6-24-45)59-35-17-13-31-54(59)65-61(67)37-19-39-63(65)69(46-41-42-51-49-27-8-7-25-47(49)48-26-9-10-28-50(48)56(51)43-46)64-40-20-38-62-66(64)55-32-14-18-36-60(55)68(62)57-33-15-11-29-52(57)53-30-12-16-34-58(53)68/h1-43H. The Kier molecular flexibility index (Phi) is 7.98. The van der Waals surface area contributed by atoms with Crippen molar-refractivity contribution in [3.63, 3.8) is 0 Å². The molecular weight excluding hydrogens is 831 g/mol. The van der Waals surface area contributed by atoms with Crippen LogP contribution in [0.1, 0.15) is 44.5 Å². The summed E-state index contributed by atoms with van der Waals surface area (Å²) in [6, 6.07) is 98.2. The van der Waals surface area contributed by atoms with Gasteiger partial charge in [0.25, 0.3) is 0 Å². The second-order valence-electron chi connectivity index (χ2n) is 19.0. The number of hydrogen-bond donors (Lipinski definition) is 0. The van der Waals surface area contributed by atoms with E-state index in [1.807, 2.05) is 0 Å². The van der Waals surface area contributed by atoms with Gasteiger partial charge in [-0.25, -0.2) is 0 Å². The summed E-state index contributed by atoms with van der Waals surface area (Å²) in [4.78, 5) is 2.62. The highest BCUT2D eigenvalue weighted by Gasteiger charge is 2.53. The Balaban J connectivity index is 1.09. The molecule has 320 valence electrons. The van der Waals surface area contributed by atoms with Gasteiger partial charge in [-0.3, -0.25) is 0 Å². The van der Waals surface area contributed by atoms with Crippen molar-refractivity contribution in [1.29, 1.82) is 0 Å². The maximum Gasteiger partial charge on any atom is 0.0726 e. The van der Waals surface area contributed by atoms with Crippen molar-refractivity contribution in [3.05, 3.63) is 305 Å². The minimum absolute atomic E-state index is 0.486. The molecule has 0 atom stereocenters. The molecule has 0 amide bonds. The van der Waals surface area contributed by atoms with Crippen LogP contribution >= 0.6 is 0 Å². The number of hydrogen-bond acceptors (Lipinski definition) is 1. The van der Waals surface area contributed by atoms with Crippen molar-refractivity contribution < 1.29 is 0 Å². The lowest BCUT2D eigenvalue weighted by molar-refractivity contribution is 0.768. The first-order chi connectivity index (χ1) is 34.3. The number of nitrogens with zero attached hydrogens (tertiary/aromatic N) is 1. The summed E-state index contributed by atoms with van der Waals surface area (Å²) in [7, 11) is 0. The summed E-state index contributed by atoms with van der Waals surface area (Å²) >= 11 is 0. The van der Waals surface area contributed by atoms with E-state index in [1.54, 1.807) is 0 Å². The fourth-order valence-corrected chi connectivity index (χ4v) is 13.4. The molecule has 0 saturated heterocycles. The van der Waals surface area contributed by atoms with Crippen LogP contribution in [0.3, 0.4) is 0 Å². The predicted octanol–water partition coefficient (Wildman–Crippen LogP) is 17.3. The number of anilines is 3. The van der Waals surface area contributed by atoms with Crippen LogP contribution in [0.15, 0.2) is 261 Å². The third-order valence-electron chi connectivity index (χ3n) is 15.9. The highest BCUT2D eigenvalue weighted by atomic mass is 15.1. The van der Waals surface area contributed by atoms with E-state index in [0.717, 1.165) is 17.1 Å². The lowest BCUT2D eigenvalue weighted by Gasteiger charge is -2.35. The van der Waals surface area contributed by atoms with Gasteiger partial charge in [0.2, 0.25) is 0 Å². The van der Waals surface area contributed by atoms with Gasteiger partial charge in [0.15, 0.2) is 0 Å². The molecule has 0 fully saturated rings. The molecule has 12 aromatic carbocycles. The Labute approximate surface area is 401 Å². The lowest BCUT2D eigenvalue weighted by Crippen LogP contribution is -2.28. The fourth-order valence-electron chi connectivity index (χ4n) is 13.4. The summed E-state index contributed by atoms with van der Waals surface area (Å²) in [5, 5.41) is 7.57.